The highest BCUT2D eigenvalue weighted by Crippen LogP contribution is 2.31. The summed E-state index contributed by atoms with van der Waals surface area (Å²) in [4.78, 5) is 12.9. The molecule has 1 aliphatic heterocycles. The second-order valence-corrected chi connectivity index (χ2v) is 8.84. The van der Waals surface area contributed by atoms with E-state index in [1.54, 1.807) is 24.2 Å². The molecule has 0 radical (unpaired) electrons. The van der Waals surface area contributed by atoms with E-state index in [4.69, 9.17) is 28.3 Å². The molecule has 2 heterocycles. The normalized spacial score (nSPS) is 15.7. The number of hydrazone groups is 1. The van der Waals surface area contributed by atoms with E-state index < -0.39 is 0 Å². The minimum atomic E-state index is -0.202. The van der Waals surface area contributed by atoms with Gasteiger partial charge in [0.25, 0.3) is 0 Å². The number of halogens is 2. The van der Waals surface area contributed by atoms with Crippen molar-refractivity contribution in [1.82, 2.24) is 14.3 Å². The molecule has 0 aliphatic carbocycles. The Balaban J connectivity index is 1.51. The Kier molecular flexibility index (Phi) is 5.79. The molecule has 3 aromatic carbocycles. The van der Waals surface area contributed by atoms with Gasteiger partial charge in [0.2, 0.25) is 5.95 Å². The molecular formula is C25H21Cl2N5O. The predicted octanol–water partition coefficient (Wildman–Crippen LogP) is 4.95. The lowest BCUT2D eigenvalue weighted by Crippen LogP contribution is -2.25. The first-order valence-corrected chi connectivity index (χ1v) is 11.3. The summed E-state index contributed by atoms with van der Waals surface area (Å²) in [5.41, 5.74) is 3.80. The Morgan fingerprint density at radius 3 is 2.21 bits per heavy atom. The van der Waals surface area contributed by atoms with Crippen LogP contribution in [0.3, 0.4) is 0 Å². The number of anilines is 1. The van der Waals surface area contributed by atoms with Crippen LogP contribution in [0.4, 0.5) is 5.95 Å². The SMILES string of the molecule is Cn1c(N2CC(c3ccccc3)C(c3ccc(Cl)cc3)=N2)nn(Cc2ccc(Cl)cc2)c1=O. The van der Waals surface area contributed by atoms with Gasteiger partial charge in [0, 0.05) is 23.0 Å². The summed E-state index contributed by atoms with van der Waals surface area (Å²) in [7, 11) is 1.72. The zero-order valence-corrected chi connectivity index (χ0v) is 19.4. The van der Waals surface area contributed by atoms with E-state index >= 15 is 0 Å². The molecule has 0 saturated heterocycles. The van der Waals surface area contributed by atoms with E-state index in [-0.39, 0.29) is 11.6 Å². The van der Waals surface area contributed by atoms with Crippen LogP contribution in [0.15, 0.2) is 88.8 Å². The minimum Gasteiger partial charge on any atom is -0.263 e. The monoisotopic (exact) mass is 477 g/mol. The maximum Gasteiger partial charge on any atom is 0.347 e. The standard InChI is InChI=1S/C25H21Cl2N5O/c1-30-24(29-32(25(30)33)15-17-7-11-20(26)12-8-17)31-16-22(18-5-3-2-4-6-18)23(28-31)19-9-13-21(27)14-10-19/h2-14,22H,15-16H2,1H3. The van der Waals surface area contributed by atoms with Crippen LogP contribution in [-0.2, 0) is 13.6 Å². The summed E-state index contributed by atoms with van der Waals surface area (Å²) >= 11 is 12.1. The molecule has 1 unspecified atom stereocenters. The van der Waals surface area contributed by atoms with Gasteiger partial charge in [-0.1, -0.05) is 77.8 Å². The minimum absolute atomic E-state index is 0.0314. The van der Waals surface area contributed by atoms with Gasteiger partial charge in [-0.15, -0.1) is 5.10 Å². The Labute approximate surface area is 201 Å². The van der Waals surface area contributed by atoms with Crippen molar-refractivity contribution in [2.45, 2.75) is 12.5 Å². The molecular weight excluding hydrogens is 457 g/mol. The molecule has 1 atom stereocenters. The van der Waals surface area contributed by atoms with Crippen molar-refractivity contribution in [2.24, 2.45) is 12.1 Å². The molecule has 0 amide bonds. The first-order chi connectivity index (χ1) is 16.0. The van der Waals surface area contributed by atoms with Crippen molar-refractivity contribution in [2.75, 3.05) is 11.6 Å². The number of benzene rings is 3. The van der Waals surface area contributed by atoms with Gasteiger partial charge in [0.15, 0.2) is 0 Å². The summed E-state index contributed by atoms with van der Waals surface area (Å²) in [5.74, 6) is 0.530. The molecule has 1 aliphatic rings. The largest absolute Gasteiger partial charge is 0.347 e. The van der Waals surface area contributed by atoms with Crippen LogP contribution >= 0.6 is 23.2 Å². The Morgan fingerprint density at radius 2 is 1.55 bits per heavy atom. The zero-order chi connectivity index (χ0) is 22.9. The maximum atomic E-state index is 12.9. The van der Waals surface area contributed by atoms with E-state index in [9.17, 15) is 4.79 Å². The Bertz CT molecular complexity index is 1360. The number of rotatable bonds is 5. The summed E-state index contributed by atoms with van der Waals surface area (Å²) in [5, 5.41) is 12.7. The van der Waals surface area contributed by atoms with Gasteiger partial charge in [0.1, 0.15) is 0 Å². The van der Waals surface area contributed by atoms with Crippen LogP contribution < -0.4 is 10.7 Å². The van der Waals surface area contributed by atoms with Crippen molar-refractivity contribution in [1.29, 1.82) is 0 Å². The molecule has 33 heavy (non-hydrogen) atoms. The second-order valence-electron chi connectivity index (χ2n) is 7.96. The summed E-state index contributed by atoms with van der Waals surface area (Å²) in [6, 6.07) is 25.3. The molecule has 0 bridgehead atoms. The average molecular weight is 478 g/mol. The molecule has 1 aromatic heterocycles. The van der Waals surface area contributed by atoms with Crippen molar-refractivity contribution >= 4 is 34.9 Å². The number of hydrogen-bond acceptors (Lipinski definition) is 4. The third kappa shape index (κ3) is 4.32. The summed E-state index contributed by atoms with van der Waals surface area (Å²) < 4.78 is 2.98. The third-order valence-corrected chi connectivity index (χ3v) is 6.25. The fraction of sp³-hybridized carbons (Fsp3) is 0.160. The van der Waals surface area contributed by atoms with Gasteiger partial charge in [-0.2, -0.15) is 5.10 Å². The fourth-order valence-corrected chi connectivity index (χ4v) is 4.27. The molecule has 0 saturated carbocycles. The maximum absolute atomic E-state index is 12.9. The van der Waals surface area contributed by atoms with Gasteiger partial charge >= 0.3 is 5.69 Å². The van der Waals surface area contributed by atoms with Crippen LogP contribution in [0.5, 0.6) is 0 Å². The highest BCUT2D eigenvalue weighted by atomic mass is 35.5. The smallest absolute Gasteiger partial charge is 0.263 e. The van der Waals surface area contributed by atoms with Crippen LogP contribution in [0.2, 0.25) is 10.0 Å². The van der Waals surface area contributed by atoms with E-state index in [0.717, 1.165) is 22.4 Å². The highest BCUT2D eigenvalue weighted by molar-refractivity contribution is 6.31. The highest BCUT2D eigenvalue weighted by Gasteiger charge is 2.32. The lowest BCUT2D eigenvalue weighted by Gasteiger charge is -2.15. The topological polar surface area (TPSA) is 55.4 Å². The van der Waals surface area contributed by atoms with Crippen molar-refractivity contribution in [3.63, 3.8) is 0 Å². The average Bonchev–Trinajstić information content (AvgIpc) is 3.39. The molecule has 0 N–H and O–H groups in total. The first kappa shape index (κ1) is 21.5. The molecule has 0 fully saturated rings. The van der Waals surface area contributed by atoms with Gasteiger partial charge in [-0.05, 0) is 41.0 Å². The van der Waals surface area contributed by atoms with Crippen LogP contribution in [-0.4, -0.2) is 26.6 Å². The summed E-state index contributed by atoms with van der Waals surface area (Å²) in [6.07, 6.45) is 0. The van der Waals surface area contributed by atoms with Gasteiger partial charge < -0.3 is 0 Å². The third-order valence-electron chi connectivity index (χ3n) is 5.75. The lowest BCUT2D eigenvalue weighted by atomic mass is 9.91. The fourth-order valence-electron chi connectivity index (χ4n) is 4.02. The molecule has 6 nitrogen and oxygen atoms in total. The molecule has 5 rings (SSSR count). The van der Waals surface area contributed by atoms with E-state index in [1.807, 2.05) is 54.6 Å². The van der Waals surface area contributed by atoms with Gasteiger partial charge in [0.05, 0.1) is 18.8 Å². The van der Waals surface area contributed by atoms with Gasteiger partial charge in [-0.25, -0.2) is 14.5 Å². The number of aromatic nitrogens is 3. The zero-order valence-electron chi connectivity index (χ0n) is 17.9. The van der Waals surface area contributed by atoms with E-state index in [1.165, 1.54) is 9.25 Å². The number of nitrogens with zero attached hydrogens (tertiary/aromatic N) is 5. The molecule has 8 heteroatoms. The Hall–Kier alpha value is -3.35. The van der Waals surface area contributed by atoms with E-state index in [2.05, 4.69) is 17.2 Å². The predicted molar refractivity (Wildman–Crippen MR) is 133 cm³/mol. The molecule has 0 spiro atoms. The van der Waals surface area contributed by atoms with Gasteiger partial charge in [-0.3, -0.25) is 4.57 Å². The number of hydrogen-bond donors (Lipinski definition) is 0. The quantitative estimate of drug-likeness (QED) is 0.408. The lowest BCUT2D eigenvalue weighted by molar-refractivity contribution is 0.646. The second kappa shape index (κ2) is 8.89. The first-order valence-electron chi connectivity index (χ1n) is 10.5. The van der Waals surface area contributed by atoms with Crippen LogP contribution in [0, 0.1) is 0 Å². The molecule has 4 aromatic rings. The van der Waals surface area contributed by atoms with Crippen LogP contribution in [0.1, 0.15) is 22.6 Å². The molecule has 166 valence electrons. The van der Waals surface area contributed by atoms with E-state index in [0.29, 0.717) is 29.1 Å². The van der Waals surface area contributed by atoms with Crippen molar-refractivity contribution in [3.8, 4) is 0 Å². The van der Waals surface area contributed by atoms with Crippen LogP contribution in [0.25, 0.3) is 0 Å². The Morgan fingerprint density at radius 1 is 0.909 bits per heavy atom. The van der Waals surface area contributed by atoms with Crippen molar-refractivity contribution in [3.05, 3.63) is 116 Å². The van der Waals surface area contributed by atoms with Crippen molar-refractivity contribution < 1.29 is 0 Å². The summed E-state index contributed by atoms with van der Waals surface area (Å²) in [6.45, 7) is 0.931.